The maximum absolute atomic E-state index is 13.4. The molecular formula is C20H18ClN3O2. The van der Waals surface area contributed by atoms with E-state index in [1.54, 1.807) is 23.9 Å². The molecule has 1 aromatic carbocycles. The Bertz CT molecular complexity index is 984. The van der Waals surface area contributed by atoms with Crippen LogP contribution in [0.5, 0.6) is 5.88 Å². The predicted molar refractivity (Wildman–Crippen MR) is 101 cm³/mol. The molecule has 1 aliphatic rings. The summed E-state index contributed by atoms with van der Waals surface area (Å²) in [5.41, 5.74) is 2.17. The third-order valence-corrected chi connectivity index (χ3v) is 4.96. The van der Waals surface area contributed by atoms with Crippen molar-refractivity contribution in [2.24, 2.45) is 0 Å². The smallest absolute Gasteiger partial charge is 0.265 e. The number of halogens is 1. The molecular weight excluding hydrogens is 350 g/mol. The molecule has 0 amide bonds. The molecule has 1 atom stereocenters. The maximum atomic E-state index is 13.4. The highest BCUT2D eigenvalue weighted by Crippen LogP contribution is 2.32. The lowest BCUT2D eigenvalue weighted by atomic mass is 9.97. The molecule has 3 heterocycles. The molecule has 2 aromatic heterocycles. The van der Waals surface area contributed by atoms with Gasteiger partial charge in [0, 0.05) is 12.6 Å². The summed E-state index contributed by atoms with van der Waals surface area (Å²) in [4.78, 5) is 22.3. The summed E-state index contributed by atoms with van der Waals surface area (Å²) < 4.78 is 7.24. The Kier molecular flexibility index (Phi) is 4.47. The summed E-state index contributed by atoms with van der Waals surface area (Å²) in [5, 5.41) is 0.440. The number of ether oxygens (including phenoxy) is 1. The van der Waals surface area contributed by atoms with E-state index in [1.807, 2.05) is 36.4 Å². The largest absolute Gasteiger partial charge is 0.480 e. The second kappa shape index (κ2) is 6.92. The Morgan fingerprint density at radius 3 is 2.69 bits per heavy atom. The monoisotopic (exact) mass is 367 g/mol. The van der Waals surface area contributed by atoms with E-state index in [2.05, 4.69) is 9.97 Å². The van der Waals surface area contributed by atoms with Gasteiger partial charge in [-0.25, -0.2) is 4.98 Å². The van der Waals surface area contributed by atoms with Crippen molar-refractivity contribution in [3.63, 3.8) is 0 Å². The van der Waals surface area contributed by atoms with Crippen molar-refractivity contribution in [3.8, 4) is 17.0 Å². The molecule has 26 heavy (non-hydrogen) atoms. The SMILES string of the molecule is COc1nc2n(c(=O)c1-c1ccccc1)C(c1ccc(Cl)nc1)CCC2. The van der Waals surface area contributed by atoms with Crippen LogP contribution in [0.1, 0.15) is 30.3 Å². The van der Waals surface area contributed by atoms with Crippen molar-refractivity contribution in [1.82, 2.24) is 14.5 Å². The predicted octanol–water partition coefficient (Wildman–Crippen LogP) is 3.89. The first kappa shape index (κ1) is 16.8. The molecule has 1 aliphatic heterocycles. The number of aromatic nitrogens is 3. The molecule has 0 saturated carbocycles. The van der Waals surface area contributed by atoms with Crippen molar-refractivity contribution < 1.29 is 4.74 Å². The number of methoxy groups -OCH3 is 1. The van der Waals surface area contributed by atoms with Gasteiger partial charge in [0.1, 0.15) is 16.5 Å². The summed E-state index contributed by atoms with van der Waals surface area (Å²) in [6.45, 7) is 0. The fourth-order valence-corrected chi connectivity index (χ4v) is 3.65. The lowest BCUT2D eigenvalue weighted by Gasteiger charge is -2.28. The Morgan fingerprint density at radius 2 is 2.00 bits per heavy atom. The van der Waals surface area contributed by atoms with Gasteiger partial charge in [-0.3, -0.25) is 9.36 Å². The summed E-state index contributed by atoms with van der Waals surface area (Å²) >= 11 is 5.92. The second-order valence-corrected chi connectivity index (χ2v) is 6.66. The first-order chi connectivity index (χ1) is 12.7. The Balaban J connectivity index is 1.94. The zero-order valence-electron chi connectivity index (χ0n) is 14.4. The molecule has 0 fully saturated rings. The summed E-state index contributed by atoms with van der Waals surface area (Å²) in [5.74, 6) is 1.13. The van der Waals surface area contributed by atoms with Crippen LogP contribution in [0.15, 0.2) is 53.5 Å². The standard InChI is InChI=1S/C20H18ClN3O2/c1-26-19-18(13-6-3-2-4-7-13)20(25)24-15(8-5-9-17(24)23-19)14-10-11-16(21)22-12-14/h2-4,6-7,10-12,15H,5,8-9H2,1H3. The van der Waals surface area contributed by atoms with Gasteiger partial charge in [-0.05, 0) is 30.0 Å². The van der Waals surface area contributed by atoms with Crippen molar-refractivity contribution in [2.75, 3.05) is 7.11 Å². The quantitative estimate of drug-likeness (QED) is 0.659. The van der Waals surface area contributed by atoms with Crippen LogP contribution in [0.2, 0.25) is 5.15 Å². The number of aryl methyl sites for hydroxylation is 1. The van der Waals surface area contributed by atoms with E-state index < -0.39 is 0 Å². The number of nitrogens with zero attached hydrogens (tertiary/aromatic N) is 3. The number of hydrogen-bond donors (Lipinski definition) is 0. The zero-order valence-corrected chi connectivity index (χ0v) is 15.1. The van der Waals surface area contributed by atoms with Crippen molar-refractivity contribution in [3.05, 3.63) is 75.6 Å². The first-order valence-corrected chi connectivity index (χ1v) is 8.93. The topological polar surface area (TPSA) is 57.0 Å². The van der Waals surface area contributed by atoms with Crippen LogP contribution in [-0.2, 0) is 6.42 Å². The Morgan fingerprint density at radius 1 is 1.19 bits per heavy atom. The number of benzene rings is 1. The number of pyridine rings is 1. The van der Waals surface area contributed by atoms with Crippen LogP contribution in [-0.4, -0.2) is 21.6 Å². The van der Waals surface area contributed by atoms with Gasteiger partial charge in [-0.1, -0.05) is 48.0 Å². The van der Waals surface area contributed by atoms with Crippen molar-refractivity contribution in [1.29, 1.82) is 0 Å². The summed E-state index contributed by atoms with van der Waals surface area (Å²) in [6, 6.07) is 13.1. The van der Waals surface area contributed by atoms with Gasteiger partial charge >= 0.3 is 0 Å². The molecule has 0 aliphatic carbocycles. The molecule has 1 unspecified atom stereocenters. The van der Waals surface area contributed by atoms with Crippen LogP contribution in [0.4, 0.5) is 0 Å². The molecule has 0 N–H and O–H groups in total. The van der Waals surface area contributed by atoms with E-state index in [-0.39, 0.29) is 11.6 Å². The molecule has 0 radical (unpaired) electrons. The Labute approximate surface area is 156 Å². The minimum Gasteiger partial charge on any atom is -0.480 e. The van der Waals surface area contributed by atoms with Gasteiger partial charge in [-0.2, -0.15) is 4.98 Å². The molecule has 3 aromatic rings. The molecule has 0 bridgehead atoms. The van der Waals surface area contributed by atoms with Crippen LogP contribution >= 0.6 is 11.6 Å². The van der Waals surface area contributed by atoms with Crippen LogP contribution in [0, 0.1) is 0 Å². The number of fused-ring (bicyclic) bond motifs is 1. The highest BCUT2D eigenvalue weighted by molar-refractivity contribution is 6.29. The molecule has 6 heteroatoms. The molecule has 0 saturated heterocycles. The minimum atomic E-state index is -0.100. The van der Waals surface area contributed by atoms with Gasteiger partial charge in [0.05, 0.1) is 13.2 Å². The average Bonchev–Trinajstić information content (AvgIpc) is 2.68. The fraction of sp³-hybridized carbons (Fsp3) is 0.250. The molecule has 0 spiro atoms. The van der Waals surface area contributed by atoms with Gasteiger partial charge in [0.15, 0.2) is 0 Å². The average molecular weight is 368 g/mol. The van der Waals surface area contributed by atoms with E-state index in [4.69, 9.17) is 16.3 Å². The minimum absolute atomic E-state index is 0.0855. The van der Waals surface area contributed by atoms with E-state index in [1.165, 1.54) is 0 Å². The highest BCUT2D eigenvalue weighted by atomic mass is 35.5. The van der Waals surface area contributed by atoms with Crippen LogP contribution < -0.4 is 10.3 Å². The normalized spacial score (nSPS) is 16.2. The number of rotatable bonds is 3. The molecule has 5 nitrogen and oxygen atoms in total. The maximum Gasteiger partial charge on any atom is 0.265 e. The highest BCUT2D eigenvalue weighted by Gasteiger charge is 2.27. The van der Waals surface area contributed by atoms with Crippen LogP contribution in [0.25, 0.3) is 11.1 Å². The summed E-state index contributed by atoms with van der Waals surface area (Å²) in [7, 11) is 1.55. The van der Waals surface area contributed by atoms with E-state index in [0.29, 0.717) is 16.6 Å². The Hall–Kier alpha value is -2.66. The molecule has 4 rings (SSSR count). The van der Waals surface area contributed by atoms with Gasteiger partial charge in [0.25, 0.3) is 5.56 Å². The van der Waals surface area contributed by atoms with Gasteiger partial charge in [0.2, 0.25) is 5.88 Å². The second-order valence-electron chi connectivity index (χ2n) is 6.28. The van der Waals surface area contributed by atoms with E-state index >= 15 is 0 Å². The zero-order chi connectivity index (χ0) is 18.1. The molecule has 132 valence electrons. The van der Waals surface area contributed by atoms with E-state index in [0.717, 1.165) is 36.2 Å². The third kappa shape index (κ3) is 2.88. The fourth-order valence-electron chi connectivity index (χ4n) is 3.54. The van der Waals surface area contributed by atoms with Crippen LogP contribution in [0.3, 0.4) is 0 Å². The van der Waals surface area contributed by atoms with E-state index in [9.17, 15) is 4.79 Å². The lowest BCUT2D eigenvalue weighted by Crippen LogP contribution is -2.34. The summed E-state index contributed by atoms with van der Waals surface area (Å²) in [6.07, 6.45) is 4.30. The third-order valence-electron chi connectivity index (χ3n) is 4.74. The number of hydrogen-bond acceptors (Lipinski definition) is 4. The lowest BCUT2D eigenvalue weighted by molar-refractivity contribution is 0.374. The van der Waals surface area contributed by atoms with Gasteiger partial charge < -0.3 is 4.74 Å². The van der Waals surface area contributed by atoms with Crippen molar-refractivity contribution >= 4 is 11.6 Å². The van der Waals surface area contributed by atoms with Gasteiger partial charge in [-0.15, -0.1) is 0 Å². The first-order valence-electron chi connectivity index (χ1n) is 8.55. The van der Waals surface area contributed by atoms with Crippen molar-refractivity contribution in [2.45, 2.75) is 25.3 Å².